The summed E-state index contributed by atoms with van der Waals surface area (Å²) in [6.07, 6.45) is 1.76. The zero-order chi connectivity index (χ0) is 16.5. The predicted molar refractivity (Wildman–Crippen MR) is 108 cm³/mol. The van der Waals surface area contributed by atoms with Gasteiger partial charge in [0.2, 0.25) is 0 Å². The van der Waals surface area contributed by atoms with Crippen LogP contribution in [-0.4, -0.2) is 57.4 Å². The molecule has 0 aliphatic carbocycles. The van der Waals surface area contributed by atoms with Gasteiger partial charge >= 0.3 is 0 Å². The number of nitrogens with one attached hydrogen (secondary N) is 1. The van der Waals surface area contributed by atoms with E-state index in [4.69, 9.17) is 15.2 Å². The number of guanidine groups is 1. The molecule has 6 nitrogen and oxygen atoms in total. The Hall–Kier alpha value is -1.32. The summed E-state index contributed by atoms with van der Waals surface area (Å²) in [5.74, 6) is 1.29. The summed E-state index contributed by atoms with van der Waals surface area (Å²) in [4.78, 5) is 6.86. The summed E-state index contributed by atoms with van der Waals surface area (Å²) in [6.45, 7) is 8.16. The monoisotopic (exact) mass is 446 g/mol. The Morgan fingerprint density at radius 1 is 1.42 bits per heavy atom. The highest BCUT2D eigenvalue weighted by molar-refractivity contribution is 14.0. The van der Waals surface area contributed by atoms with Crippen molar-refractivity contribution in [2.45, 2.75) is 6.04 Å². The Balaban J connectivity index is 0.00000288. The Morgan fingerprint density at radius 2 is 2.08 bits per heavy atom. The minimum Gasteiger partial charge on any atom is -0.497 e. The molecule has 0 aromatic heterocycles. The topological polar surface area (TPSA) is 72.1 Å². The first-order chi connectivity index (χ1) is 11.2. The number of nitrogens with two attached hydrogens (primary N) is 1. The lowest BCUT2D eigenvalue weighted by molar-refractivity contribution is 0.0180. The minimum atomic E-state index is 0. The van der Waals surface area contributed by atoms with Crippen LogP contribution in [-0.2, 0) is 4.74 Å². The number of morpholine rings is 1. The van der Waals surface area contributed by atoms with Crippen molar-refractivity contribution >= 4 is 29.9 Å². The van der Waals surface area contributed by atoms with Crippen LogP contribution in [0, 0.1) is 0 Å². The van der Waals surface area contributed by atoms with Gasteiger partial charge in [0.1, 0.15) is 5.75 Å². The molecule has 1 aromatic rings. The van der Waals surface area contributed by atoms with E-state index in [2.05, 4.69) is 33.9 Å². The van der Waals surface area contributed by atoms with Gasteiger partial charge in [-0.3, -0.25) is 9.89 Å². The molecule has 24 heavy (non-hydrogen) atoms. The minimum absolute atomic E-state index is 0. The normalized spacial score (nSPS) is 16.8. The van der Waals surface area contributed by atoms with Crippen molar-refractivity contribution < 1.29 is 9.47 Å². The zero-order valence-electron chi connectivity index (χ0n) is 14.1. The van der Waals surface area contributed by atoms with E-state index in [1.165, 1.54) is 5.56 Å². The molecular weight excluding hydrogens is 419 g/mol. The number of halogens is 1. The van der Waals surface area contributed by atoms with Crippen molar-refractivity contribution in [2.75, 3.05) is 46.5 Å². The third-order valence-electron chi connectivity index (χ3n) is 3.85. The number of aliphatic imine (C=N–C) groups is 1. The number of hydrogen-bond acceptors (Lipinski definition) is 4. The molecule has 0 bridgehead atoms. The van der Waals surface area contributed by atoms with Gasteiger partial charge in [0.15, 0.2) is 5.96 Å². The molecule has 1 heterocycles. The van der Waals surface area contributed by atoms with Crippen LogP contribution in [0.4, 0.5) is 0 Å². The van der Waals surface area contributed by atoms with Crippen LogP contribution >= 0.6 is 24.0 Å². The van der Waals surface area contributed by atoms with Crippen LogP contribution < -0.4 is 15.8 Å². The largest absolute Gasteiger partial charge is 0.497 e. The highest BCUT2D eigenvalue weighted by Crippen LogP contribution is 2.24. The number of hydrogen-bond donors (Lipinski definition) is 2. The molecule has 1 saturated heterocycles. The van der Waals surface area contributed by atoms with Gasteiger partial charge in [0.25, 0.3) is 0 Å². The van der Waals surface area contributed by atoms with E-state index >= 15 is 0 Å². The van der Waals surface area contributed by atoms with Crippen molar-refractivity contribution in [3.05, 3.63) is 42.5 Å². The second-order valence-corrected chi connectivity index (χ2v) is 5.33. The van der Waals surface area contributed by atoms with Crippen LogP contribution in [0.1, 0.15) is 11.6 Å². The maximum Gasteiger partial charge on any atom is 0.188 e. The fourth-order valence-corrected chi connectivity index (χ4v) is 2.56. The van der Waals surface area contributed by atoms with E-state index in [0.29, 0.717) is 19.0 Å². The summed E-state index contributed by atoms with van der Waals surface area (Å²) in [5, 5.41) is 3.01. The van der Waals surface area contributed by atoms with Gasteiger partial charge in [-0.1, -0.05) is 18.2 Å². The Kier molecular flexibility index (Phi) is 9.73. The van der Waals surface area contributed by atoms with Crippen molar-refractivity contribution in [1.82, 2.24) is 10.2 Å². The molecule has 0 amide bonds. The quantitative estimate of drug-likeness (QED) is 0.289. The average Bonchev–Trinajstić information content (AvgIpc) is 2.61. The molecule has 0 radical (unpaired) electrons. The predicted octanol–water partition coefficient (Wildman–Crippen LogP) is 1.78. The third kappa shape index (κ3) is 6.29. The first kappa shape index (κ1) is 20.7. The van der Waals surface area contributed by atoms with Crippen molar-refractivity contribution in [1.29, 1.82) is 0 Å². The van der Waals surface area contributed by atoms with Crippen molar-refractivity contribution in [3.8, 4) is 5.75 Å². The first-order valence-electron chi connectivity index (χ1n) is 7.85. The van der Waals surface area contributed by atoms with Gasteiger partial charge in [0, 0.05) is 19.6 Å². The van der Waals surface area contributed by atoms with E-state index < -0.39 is 0 Å². The number of benzene rings is 1. The van der Waals surface area contributed by atoms with Gasteiger partial charge < -0.3 is 20.5 Å². The van der Waals surface area contributed by atoms with E-state index in [1.54, 1.807) is 13.2 Å². The maximum atomic E-state index is 5.89. The Morgan fingerprint density at radius 3 is 2.67 bits per heavy atom. The highest BCUT2D eigenvalue weighted by Gasteiger charge is 2.22. The molecule has 1 atom stereocenters. The fourth-order valence-electron chi connectivity index (χ4n) is 2.56. The summed E-state index contributed by atoms with van der Waals surface area (Å²) < 4.78 is 10.7. The summed E-state index contributed by atoms with van der Waals surface area (Å²) >= 11 is 0. The van der Waals surface area contributed by atoms with Gasteiger partial charge in [-0.15, -0.1) is 30.6 Å². The smallest absolute Gasteiger partial charge is 0.188 e. The first-order valence-corrected chi connectivity index (χ1v) is 7.85. The summed E-state index contributed by atoms with van der Waals surface area (Å²) in [7, 11) is 1.67. The Bertz CT molecular complexity index is 516. The van der Waals surface area contributed by atoms with E-state index in [9.17, 15) is 0 Å². The standard InChI is InChI=1S/C17H26N4O2.HI/c1-3-8-19-17(18)20-13-16(21-9-11-23-12-10-21)14-4-6-15(22-2)7-5-14;/h3-7,16H,1,8-13H2,2H3,(H3,18,19,20);1H. The van der Waals surface area contributed by atoms with Crippen LogP contribution in [0.3, 0.4) is 0 Å². The maximum absolute atomic E-state index is 5.89. The van der Waals surface area contributed by atoms with Crippen molar-refractivity contribution in [3.63, 3.8) is 0 Å². The summed E-state index contributed by atoms with van der Waals surface area (Å²) in [6, 6.07) is 8.30. The molecule has 1 fully saturated rings. The second-order valence-electron chi connectivity index (χ2n) is 5.33. The molecule has 1 unspecified atom stereocenters. The van der Waals surface area contributed by atoms with Gasteiger partial charge in [0.05, 0.1) is 32.9 Å². The molecule has 2 rings (SSSR count). The van der Waals surface area contributed by atoms with Gasteiger partial charge in [-0.05, 0) is 17.7 Å². The van der Waals surface area contributed by atoms with E-state index in [1.807, 2.05) is 12.1 Å². The van der Waals surface area contributed by atoms with Gasteiger partial charge in [-0.25, -0.2) is 0 Å². The molecule has 7 heteroatoms. The van der Waals surface area contributed by atoms with E-state index in [0.717, 1.165) is 32.1 Å². The molecule has 1 aromatic carbocycles. The number of rotatable bonds is 7. The van der Waals surface area contributed by atoms with Gasteiger partial charge in [-0.2, -0.15) is 0 Å². The lowest BCUT2D eigenvalue weighted by Crippen LogP contribution is -2.41. The molecule has 3 N–H and O–H groups in total. The van der Waals surface area contributed by atoms with Crippen LogP contribution in [0.15, 0.2) is 41.9 Å². The molecule has 1 aliphatic rings. The third-order valence-corrected chi connectivity index (χ3v) is 3.85. The Labute approximate surface area is 161 Å². The molecule has 0 saturated carbocycles. The average molecular weight is 446 g/mol. The molecular formula is C17H27IN4O2. The SMILES string of the molecule is C=CCNC(N)=NCC(c1ccc(OC)cc1)N1CCOCC1.I. The van der Waals surface area contributed by atoms with Crippen LogP contribution in [0.25, 0.3) is 0 Å². The fraction of sp³-hybridized carbons (Fsp3) is 0.471. The molecule has 0 spiro atoms. The highest BCUT2D eigenvalue weighted by atomic mass is 127. The van der Waals surface area contributed by atoms with Crippen molar-refractivity contribution in [2.24, 2.45) is 10.7 Å². The number of methoxy groups -OCH3 is 1. The lowest BCUT2D eigenvalue weighted by Gasteiger charge is -2.34. The zero-order valence-corrected chi connectivity index (χ0v) is 16.4. The van der Waals surface area contributed by atoms with E-state index in [-0.39, 0.29) is 30.0 Å². The molecule has 134 valence electrons. The van der Waals surface area contributed by atoms with Crippen LogP contribution in [0.5, 0.6) is 5.75 Å². The number of ether oxygens (including phenoxy) is 2. The molecule has 1 aliphatic heterocycles. The number of nitrogens with zero attached hydrogens (tertiary/aromatic N) is 2. The van der Waals surface area contributed by atoms with Crippen LogP contribution in [0.2, 0.25) is 0 Å². The summed E-state index contributed by atoms with van der Waals surface area (Å²) in [5.41, 5.74) is 7.09. The lowest BCUT2D eigenvalue weighted by atomic mass is 10.0. The second kappa shape index (κ2) is 11.3.